The van der Waals surface area contributed by atoms with Crippen molar-refractivity contribution < 1.29 is 14.3 Å². The lowest BCUT2D eigenvalue weighted by Crippen LogP contribution is -2.50. The van der Waals surface area contributed by atoms with Gasteiger partial charge in [0.05, 0.1) is 34.1 Å². The summed E-state index contributed by atoms with van der Waals surface area (Å²) < 4.78 is 10.7. The molecule has 11 nitrogen and oxygen atoms in total. The minimum atomic E-state index is -0.500. The highest BCUT2D eigenvalue weighted by atomic mass is 35.5. The van der Waals surface area contributed by atoms with Gasteiger partial charge in [-0.1, -0.05) is 11.6 Å². The van der Waals surface area contributed by atoms with Gasteiger partial charge in [-0.05, 0) is 63.6 Å². The molecule has 0 bridgehead atoms. The SMILES string of the molecule is COCc1cc(-c2ccc3nc(Nc4cc(C(C)N5CCN(C(=O)OC(C)(C)C)CC5)ccn4)[nH]c3c2Cl)ncn1. The van der Waals surface area contributed by atoms with Crippen LogP contribution in [0.25, 0.3) is 22.3 Å². The third kappa shape index (κ3) is 6.75. The molecule has 12 heteroatoms. The fraction of sp³-hybridized carbons (Fsp3) is 0.414. The molecule has 4 heterocycles. The summed E-state index contributed by atoms with van der Waals surface area (Å²) in [4.78, 5) is 37.6. The van der Waals surface area contributed by atoms with Crippen LogP contribution in [-0.2, 0) is 16.1 Å². The van der Waals surface area contributed by atoms with E-state index in [-0.39, 0.29) is 12.1 Å². The Hall–Kier alpha value is -3.80. The van der Waals surface area contributed by atoms with Gasteiger partial charge >= 0.3 is 6.09 Å². The zero-order chi connectivity index (χ0) is 29.1. The standard InChI is InChI=1S/C29H35ClN8O3/c1-18(37-10-12-38(13-11-37)28(39)41-29(2,3)4)19-8-9-31-24(14-19)35-27-34-22-7-6-21(25(30)26(22)36-27)23-15-20(16-40-5)32-17-33-23/h6-9,14-15,17-18H,10-13,16H2,1-5H3,(H2,31,34,35,36). The number of imidazole rings is 1. The number of fused-ring (bicyclic) bond motifs is 1. The van der Waals surface area contributed by atoms with Gasteiger partial charge in [-0.3, -0.25) is 4.90 Å². The topological polar surface area (TPSA) is 121 Å². The quantitative estimate of drug-likeness (QED) is 0.290. The first kappa shape index (κ1) is 28.7. The smallest absolute Gasteiger partial charge is 0.410 e. The van der Waals surface area contributed by atoms with Gasteiger partial charge in [-0.2, -0.15) is 0 Å². The van der Waals surface area contributed by atoms with Crippen LogP contribution in [-0.4, -0.2) is 79.7 Å². The molecule has 41 heavy (non-hydrogen) atoms. The van der Waals surface area contributed by atoms with Crippen molar-refractivity contribution in [1.82, 2.24) is 34.7 Å². The van der Waals surface area contributed by atoms with Crippen molar-refractivity contribution in [2.45, 2.75) is 45.9 Å². The number of nitrogens with zero attached hydrogens (tertiary/aromatic N) is 6. The molecule has 1 aliphatic heterocycles. The molecule has 0 spiro atoms. The van der Waals surface area contributed by atoms with Gasteiger partial charge in [0.2, 0.25) is 5.95 Å². The number of hydrogen-bond donors (Lipinski definition) is 2. The summed E-state index contributed by atoms with van der Waals surface area (Å²) in [5.74, 6) is 1.20. The van der Waals surface area contributed by atoms with Gasteiger partial charge in [0.15, 0.2) is 0 Å². The molecule has 5 rings (SSSR count). The van der Waals surface area contributed by atoms with Crippen LogP contribution in [0.4, 0.5) is 16.6 Å². The van der Waals surface area contributed by atoms with Crippen LogP contribution < -0.4 is 5.32 Å². The second-order valence-corrected chi connectivity index (χ2v) is 11.4. The number of anilines is 2. The average molecular weight is 579 g/mol. The number of amides is 1. The lowest BCUT2D eigenvalue weighted by Gasteiger charge is -2.38. The molecule has 1 amide bonds. The number of aromatic nitrogens is 5. The predicted octanol–water partition coefficient (Wildman–Crippen LogP) is 5.57. The number of H-pyrrole nitrogens is 1. The lowest BCUT2D eigenvalue weighted by atomic mass is 10.1. The number of carbonyl (C=O) groups excluding carboxylic acids is 1. The first-order valence-electron chi connectivity index (χ1n) is 13.5. The van der Waals surface area contributed by atoms with Crippen molar-refractivity contribution in [3.05, 3.63) is 59.1 Å². The molecular weight excluding hydrogens is 544 g/mol. The van der Waals surface area contributed by atoms with Crippen molar-refractivity contribution in [2.75, 3.05) is 38.6 Å². The molecule has 1 saturated heterocycles. The van der Waals surface area contributed by atoms with Gasteiger partial charge in [0.25, 0.3) is 0 Å². The van der Waals surface area contributed by atoms with E-state index in [4.69, 9.17) is 21.1 Å². The summed E-state index contributed by atoms with van der Waals surface area (Å²) in [6.07, 6.45) is 3.03. The molecule has 216 valence electrons. The fourth-order valence-electron chi connectivity index (χ4n) is 4.80. The number of hydrogen-bond acceptors (Lipinski definition) is 9. The van der Waals surface area contributed by atoms with Gasteiger partial charge in [-0.15, -0.1) is 0 Å². The zero-order valence-corrected chi connectivity index (χ0v) is 24.7. The van der Waals surface area contributed by atoms with E-state index in [2.05, 4.69) is 42.1 Å². The van der Waals surface area contributed by atoms with E-state index < -0.39 is 5.60 Å². The summed E-state index contributed by atoms with van der Waals surface area (Å²) in [6, 6.07) is 9.83. The molecule has 3 aromatic heterocycles. The van der Waals surface area contributed by atoms with E-state index in [9.17, 15) is 4.79 Å². The Bertz CT molecular complexity index is 1530. The molecule has 0 saturated carbocycles. The maximum atomic E-state index is 12.4. The van der Waals surface area contributed by atoms with Crippen LogP contribution in [0.2, 0.25) is 5.02 Å². The minimum Gasteiger partial charge on any atom is -0.444 e. The summed E-state index contributed by atoms with van der Waals surface area (Å²) in [5, 5.41) is 3.80. The van der Waals surface area contributed by atoms with Crippen LogP contribution in [0.5, 0.6) is 0 Å². The highest BCUT2D eigenvalue weighted by Crippen LogP contribution is 2.34. The Balaban J connectivity index is 1.27. The number of pyridine rings is 1. The monoisotopic (exact) mass is 578 g/mol. The summed E-state index contributed by atoms with van der Waals surface area (Å²) in [5.41, 5.74) is 4.28. The molecule has 1 aliphatic rings. The second-order valence-electron chi connectivity index (χ2n) is 11.0. The maximum absolute atomic E-state index is 12.4. The number of carbonyl (C=O) groups is 1. The second kappa shape index (κ2) is 12.0. The largest absolute Gasteiger partial charge is 0.444 e. The van der Waals surface area contributed by atoms with Crippen LogP contribution in [0, 0.1) is 0 Å². The van der Waals surface area contributed by atoms with Crippen molar-refractivity contribution in [3.63, 3.8) is 0 Å². The third-order valence-corrected chi connectivity index (χ3v) is 7.31. The van der Waals surface area contributed by atoms with Crippen LogP contribution in [0.15, 0.2) is 42.9 Å². The van der Waals surface area contributed by atoms with E-state index in [1.807, 2.05) is 51.1 Å². The number of nitrogens with one attached hydrogen (secondary N) is 2. The lowest BCUT2D eigenvalue weighted by molar-refractivity contribution is 0.0110. The first-order valence-corrected chi connectivity index (χ1v) is 13.9. The van der Waals surface area contributed by atoms with Crippen molar-refractivity contribution in [2.24, 2.45) is 0 Å². The fourth-order valence-corrected chi connectivity index (χ4v) is 5.10. The Kier molecular flexibility index (Phi) is 8.39. The zero-order valence-electron chi connectivity index (χ0n) is 23.9. The molecular formula is C29H35ClN8O3. The molecule has 0 aliphatic carbocycles. The number of rotatable bonds is 7. The predicted molar refractivity (Wildman–Crippen MR) is 158 cm³/mol. The number of halogens is 1. The highest BCUT2D eigenvalue weighted by Gasteiger charge is 2.28. The summed E-state index contributed by atoms with van der Waals surface area (Å²) in [6.45, 7) is 11.0. The summed E-state index contributed by atoms with van der Waals surface area (Å²) >= 11 is 6.79. The number of benzene rings is 1. The van der Waals surface area contributed by atoms with Crippen LogP contribution in [0.1, 0.15) is 45.0 Å². The van der Waals surface area contributed by atoms with E-state index >= 15 is 0 Å². The number of ether oxygens (including phenoxy) is 2. The Labute approximate surface area is 244 Å². The Morgan fingerprint density at radius 2 is 1.90 bits per heavy atom. The van der Waals surface area contributed by atoms with Gasteiger partial charge in [0.1, 0.15) is 17.7 Å². The van der Waals surface area contributed by atoms with Crippen LogP contribution in [0.3, 0.4) is 0 Å². The number of methoxy groups -OCH3 is 1. The van der Waals surface area contributed by atoms with E-state index in [0.717, 1.165) is 35.4 Å². The first-order chi connectivity index (χ1) is 19.6. The summed E-state index contributed by atoms with van der Waals surface area (Å²) in [7, 11) is 1.63. The van der Waals surface area contributed by atoms with Crippen molar-refractivity contribution in [1.29, 1.82) is 0 Å². The molecule has 1 aromatic carbocycles. The molecule has 1 fully saturated rings. The number of aromatic amines is 1. The molecule has 4 aromatic rings. The Morgan fingerprint density at radius 3 is 2.63 bits per heavy atom. The van der Waals surface area contributed by atoms with E-state index in [1.54, 1.807) is 18.2 Å². The molecule has 1 atom stereocenters. The normalized spacial score (nSPS) is 15.2. The van der Waals surface area contributed by atoms with Gasteiger partial charge in [-0.25, -0.2) is 24.7 Å². The maximum Gasteiger partial charge on any atom is 0.410 e. The highest BCUT2D eigenvalue weighted by molar-refractivity contribution is 6.37. The van der Waals surface area contributed by atoms with Crippen molar-refractivity contribution >= 4 is 40.5 Å². The number of piperazine rings is 1. The average Bonchev–Trinajstić information content (AvgIpc) is 3.36. The van der Waals surface area contributed by atoms with Crippen molar-refractivity contribution in [3.8, 4) is 11.3 Å². The molecule has 2 N–H and O–H groups in total. The van der Waals surface area contributed by atoms with E-state index in [1.165, 1.54) is 6.33 Å². The van der Waals surface area contributed by atoms with Gasteiger partial charge < -0.3 is 24.7 Å². The minimum absolute atomic E-state index is 0.142. The third-order valence-electron chi connectivity index (χ3n) is 6.91. The van der Waals surface area contributed by atoms with Gasteiger partial charge in [0, 0.05) is 51.1 Å². The van der Waals surface area contributed by atoms with Crippen LogP contribution >= 0.6 is 11.6 Å². The molecule has 1 unspecified atom stereocenters. The van der Waals surface area contributed by atoms with E-state index in [0.29, 0.717) is 47.7 Å². The Morgan fingerprint density at radius 1 is 1.12 bits per heavy atom. The molecule has 0 radical (unpaired) electrons.